The van der Waals surface area contributed by atoms with E-state index < -0.39 is 17.7 Å². The van der Waals surface area contributed by atoms with E-state index in [1.807, 2.05) is 13.8 Å². The van der Waals surface area contributed by atoms with Crippen LogP contribution in [0.4, 0.5) is 4.79 Å². The lowest BCUT2D eigenvalue weighted by molar-refractivity contribution is 0.0306. The molecular formula is C23H35NO7. The smallest absolute Gasteiger partial charge is 0.408 e. The third-order valence-electron chi connectivity index (χ3n) is 3.98. The minimum atomic E-state index is -0.960. The van der Waals surface area contributed by atoms with E-state index in [0.717, 1.165) is 11.1 Å². The summed E-state index contributed by atoms with van der Waals surface area (Å²) >= 11 is 0. The minimum Gasteiger partial charge on any atom is -0.493 e. The van der Waals surface area contributed by atoms with Crippen LogP contribution in [0, 0.1) is 13.8 Å². The average Bonchev–Trinajstić information content (AvgIpc) is 2.64. The largest absolute Gasteiger partial charge is 0.493 e. The molecule has 0 radical (unpaired) electrons. The van der Waals surface area contributed by atoms with Crippen molar-refractivity contribution in [3.63, 3.8) is 0 Å². The number of aromatic carboxylic acids is 1. The van der Waals surface area contributed by atoms with Crippen molar-refractivity contribution in [1.29, 1.82) is 0 Å². The maximum Gasteiger partial charge on any atom is 0.408 e. The number of alkyl carbamates (subject to hydrolysis) is 1. The summed E-state index contributed by atoms with van der Waals surface area (Å²) in [7, 11) is 0. The SMILES string of the molecule is C=CCOCC(COCCCOc1c(C)cc(C(=O)O)cc1C)NC(=O)OC(C)(C)C. The predicted octanol–water partition coefficient (Wildman–Crippen LogP) is 3.88. The fraction of sp³-hybridized carbons (Fsp3) is 0.565. The van der Waals surface area contributed by atoms with Crippen molar-refractivity contribution >= 4 is 12.1 Å². The van der Waals surface area contributed by atoms with E-state index in [1.165, 1.54) is 0 Å². The highest BCUT2D eigenvalue weighted by molar-refractivity contribution is 5.88. The van der Waals surface area contributed by atoms with E-state index in [2.05, 4.69) is 11.9 Å². The number of rotatable bonds is 13. The number of nitrogens with one attached hydrogen (secondary N) is 1. The molecule has 0 saturated heterocycles. The second kappa shape index (κ2) is 13.0. The van der Waals surface area contributed by atoms with Gasteiger partial charge in [-0.2, -0.15) is 0 Å². The van der Waals surface area contributed by atoms with E-state index in [4.69, 9.17) is 24.1 Å². The number of hydrogen-bond acceptors (Lipinski definition) is 6. The van der Waals surface area contributed by atoms with Crippen molar-refractivity contribution in [2.24, 2.45) is 0 Å². The molecule has 1 atom stereocenters. The molecule has 0 fully saturated rings. The van der Waals surface area contributed by atoms with Crippen molar-refractivity contribution in [3.8, 4) is 5.75 Å². The zero-order valence-corrected chi connectivity index (χ0v) is 19.2. The predicted molar refractivity (Wildman–Crippen MR) is 118 cm³/mol. The van der Waals surface area contributed by atoms with Crippen molar-refractivity contribution in [3.05, 3.63) is 41.5 Å². The van der Waals surface area contributed by atoms with Crippen LogP contribution >= 0.6 is 0 Å². The zero-order valence-electron chi connectivity index (χ0n) is 19.2. The standard InChI is InChI=1S/C23H35NO7/c1-7-9-28-14-19(24-22(27)31-23(4,5)6)15-29-10-8-11-30-20-16(2)12-18(21(25)26)13-17(20)3/h7,12-13,19H,1,8-11,14-15H2,2-6H3,(H,24,27)(H,25,26). The topological polar surface area (TPSA) is 103 Å². The Hall–Kier alpha value is -2.58. The highest BCUT2D eigenvalue weighted by Gasteiger charge is 2.20. The molecule has 0 aliphatic rings. The lowest BCUT2D eigenvalue weighted by Gasteiger charge is -2.23. The van der Waals surface area contributed by atoms with Crippen molar-refractivity contribution in [1.82, 2.24) is 5.32 Å². The van der Waals surface area contributed by atoms with Crippen LogP contribution in [0.5, 0.6) is 5.75 Å². The third-order valence-corrected chi connectivity index (χ3v) is 3.98. The summed E-state index contributed by atoms with van der Waals surface area (Å²) in [5, 5.41) is 11.9. The lowest BCUT2D eigenvalue weighted by Crippen LogP contribution is -2.44. The summed E-state index contributed by atoms with van der Waals surface area (Å²) in [6, 6.07) is 2.83. The van der Waals surface area contributed by atoms with Gasteiger partial charge in [0.2, 0.25) is 0 Å². The molecule has 31 heavy (non-hydrogen) atoms. The number of carbonyl (C=O) groups excluding carboxylic acids is 1. The highest BCUT2D eigenvalue weighted by atomic mass is 16.6. The first-order chi connectivity index (χ1) is 14.5. The molecule has 1 aromatic carbocycles. The number of amides is 1. The van der Waals surface area contributed by atoms with Crippen LogP contribution in [0.15, 0.2) is 24.8 Å². The van der Waals surface area contributed by atoms with Crippen LogP contribution in [0.25, 0.3) is 0 Å². The number of carboxylic acids is 1. The first-order valence-corrected chi connectivity index (χ1v) is 10.3. The van der Waals surface area contributed by atoms with E-state index >= 15 is 0 Å². The highest BCUT2D eigenvalue weighted by Crippen LogP contribution is 2.25. The molecule has 1 unspecified atom stereocenters. The summed E-state index contributed by atoms with van der Waals surface area (Å²) in [5.41, 5.74) is 1.21. The molecule has 1 rings (SSSR count). The van der Waals surface area contributed by atoms with Crippen LogP contribution < -0.4 is 10.1 Å². The molecule has 0 spiro atoms. The Bertz CT molecular complexity index is 717. The zero-order chi connectivity index (χ0) is 23.4. The second-order valence-corrected chi connectivity index (χ2v) is 8.19. The number of benzene rings is 1. The van der Waals surface area contributed by atoms with Gasteiger partial charge < -0.3 is 29.4 Å². The van der Waals surface area contributed by atoms with Gasteiger partial charge in [-0.3, -0.25) is 0 Å². The van der Waals surface area contributed by atoms with Gasteiger partial charge in [0.15, 0.2) is 0 Å². The molecule has 0 saturated carbocycles. The first-order valence-electron chi connectivity index (χ1n) is 10.3. The van der Waals surface area contributed by atoms with E-state index in [1.54, 1.807) is 39.0 Å². The van der Waals surface area contributed by atoms with Gasteiger partial charge >= 0.3 is 12.1 Å². The van der Waals surface area contributed by atoms with Gasteiger partial charge in [0.1, 0.15) is 11.4 Å². The molecular weight excluding hydrogens is 402 g/mol. The van der Waals surface area contributed by atoms with Gasteiger partial charge in [0.05, 0.1) is 38.0 Å². The van der Waals surface area contributed by atoms with Gasteiger partial charge in [-0.1, -0.05) is 6.08 Å². The summed E-state index contributed by atoms with van der Waals surface area (Å²) in [6.07, 6.45) is 1.74. The minimum absolute atomic E-state index is 0.243. The summed E-state index contributed by atoms with van der Waals surface area (Å²) < 4.78 is 22.2. The monoisotopic (exact) mass is 437 g/mol. The molecule has 0 aromatic heterocycles. The molecule has 1 aromatic rings. The maximum atomic E-state index is 12.0. The fourth-order valence-corrected chi connectivity index (χ4v) is 2.76. The Kier molecular flexibility index (Phi) is 11.1. The van der Waals surface area contributed by atoms with Crippen molar-refractivity contribution in [2.45, 2.75) is 52.7 Å². The van der Waals surface area contributed by atoms with Gasteiger partial charge in [-0.15, -0.1) is 6.58 Å². The van der Waals surface area contributed by atoms with Gasteiger partial charge in [0, 0.05) is 13.0 Å². The summed E-state index contributed by atoms with van der Waals surface area (Å²) in [6.45, 7) is 14.4. The molecule has 8 nitrogen and oxygen atoms in total. The summed E-state index contributed by atoms with van der Waals surface area (Å²) in [4.78, 5) is 23.1. The number of carboxylic acid groups (broad SMARTS) is 1. The maximum absolute atomic E-state index is 12.0. The van der Waals surface area contributed by atoms with E-state index in [0.29, 0.717) is 32.0 Å². The average molecular weight is 438 g/mol. The van der Waals surface area contributed by atoms with Crippen LogP contribution in [-0.4, -0.2) is 61.8 Å². The van der Waals surface area contributed by atoms with Gasteiger partial charge in [0.25, 0.3) is 0 Å². The Morgan fingerprint density at radius 2 is 1.74 bits per heavy atom. The van der Waals surface area contributed by atoms with Crippen molar-refractivity contribution < 1.29 is 33.6 Å². The molecule has 8 heteroatoms. The van der Waals surface area contributed by atoms with Gasteiger partial charge in [-0.25, -0.2) is 9.59 Å². The molecule has 0 bridgehead atoms. The molecule has 174 valence electrons. The Morgan fingerprint density at radius 3 is 2.29 bits per heavy atom. The van der Waals surface area contributed by atoms with Crippen LogP contribution in [0.2, 0.25) is 0 Å². The van der Waals surface area contributed by atoms with Crippen LogP contribution in [0.1, 0.15) is 48.7 Å². The second-order valence-electron chi connectivity index (χ2n) is 8.19. The molecule has 0 aliphatic heterocycles. The first kappa shape index (κ1) is 26.5. The fourth-order valence-electron chi connectivity index (χ4n) is 2.76. The normalized spacial score (nSPS) is 12.2. The third kappa shape index (κ3) is 10.8. The number of aryl methyl sites for hydroxylation is 2. The van der Waals surface area contributed by atoms with Gasteiger partial charge in [-0.05, 0) is 57.9 Å². The van der Waals surface area contributed by atoms with Crippen LogP contribution in [-0.2, 0) is 14.2 Å². The quantitative estimate of drug-likeness (QED) is 0.356. The van der Waals surface area contributed by atoms with E-state index in [9.17, 15) is 9.59 Å². The van der Waals surface area contributed by atoms with E-state index in [-0.39, 0.29) is 24.8 Å². The molecule has 0 aliphatic carbocycles. The lowest BCUT2D eigenvalue weighted by atomic mass is 10.1. The Morgan fingerprint density at radius 1 is 1.13 bits per heavy atom. The number of carbonyl (C=O) groups is 2. The molecule has 0 heterocycles. The Balaban J connectivity index is 2.43. The molecule has 1 amide bonds. The Labute approximate surface area is 184 Å². The number of ether oxygens (including phenoxy) is 4. The summed E-state index contributed by atoms with van der Waals surface area (Å²) in [5.74, 6) is -0.273. The van der Waals surface area contributed by atoms with Crippen LogP contribution in [0.3, 0.4) is 0 Å². The molecule has 2 N–H and O–H groups in total. The number of hydrogen-bond donors (Lipinski definition) is 2. The van der Waals surface area contributed by atoms with Crippen molar-refractivity contribution in [2.75, 3.05) is 33.0 Å².